The fourth-order valence-corrected chi connectivity index (χ4v) is 5.92. The number of fused-ring (bicyclic) bond motifs is 3. The molecule has 2 bridgehead atoms. The number of carbonyl (C=O) groups excluding carboxylic acids is 2. The molecular weight excluding hydrogens is 549 g/mol. The minimum absolute atomic E-state index is 0.0147. The molecule has 1 fully saturated rings. The second kappa shape index (κ2) is 12.2. The predicted octanol–water partition coefficient (Wildman–Crippen LogP) is 3.82. The molecule has 1 saturated carbocycles. The van der Waals surface area contributed by atoms with Gasteiger partial charge in [0.15, 0.2) is 0 Å². The van der Waals surface area contributed by atoms with E-state index < -0.39 is 11.7 Å². The molecule has 1 aliphatic heterocycles. The van der Waals surface area contributed by atoms with Gasteiger partial charge in [-0.3, -0.25) is 14.0 Å². The molecule has 6 rings (SSSR count). The van der Waals surface area contributed by atoms with Gasteiger partial charge in [-0.25, -0.2) is 14.4 Å². The molecular formula is C32H34FN7O3. The van der Waals surface area contributed by atoms with Crippen molar-refractivity contribution in [2.75, 3.05) is 25.9 Å². The first-order valence-electron chi connectivity index (χ1n) is 14.5. The summed E-state index contributed by atoms with van der Waals surface area (Å²) in [5, 5.41) is 9.20. The van der Waals surface area contributed by atoms with Gasteiger partial charge in [-0.1, -0.05) is 30.3 Å². The van der Waals surface area contributed by atoms with Gasteiger partial charge in [-0.05, 0) is 62.1 Å². The second-order valence-electron chi connectivity index (χ2n) is 10.9. The van der Waals surface area contributed by atoms with Gasteiger partial charge in [0.1, 0.15) is 34.4 Å². The highest BCUT2D eigenvalue weighted by Gasteiger charge is 2.32. The number of carbonyl (C=O) groups is 2. The minimum atomic E-state index is -0.511. The fraction of sp³-hybridized carbons (Fsp3) is 0.312. The zero-order valence-corrected chi connectivity index (χ0v) is 23.9. The summed E-state index contributed by atoms with van der Waals surface area (Å²) in [6.45, 7) is 1.24. The molecule has 2 aromatic carbocycles. The maximum Gasteiger partial charge on any atom is 0.255 e. The molecule has 4 aromatic rings. The molecule has 3 heterocycles. The number of halogens is 1. The molecule has 2 amide bonds. The Morgan fingerprint density at radius 1 is 1.21 bits per heavy atom. The van der Waals surface area contributed by atoms with Crippen LogP contribution in [0.25, 0.3) is 22.9 Å². The molecule has 11 heteroatoms. The number of amides is 2. The number of rotatable bonds is 5. The van der Waals surface area contributed by atoms with Crippen LogP contribution >= 0.6 is 0 Å². The number of ether oxygens (including phenoxy) is 1. The number of benzene rings is 2. The first-order chi connectivity index (χ1) is 20.9. The van der Waals surface area contributed by atoms with Crippen molar-refractivity contribution in [3.8, 4) is 17.0 Å². The van der Waals surface area contributed by atoms with Gasteiger partial charge >= 0.3 is 0 Å². The van der Waals surface area contributed by atoms with E-state index in [1.807, 2.05) is 30.3 Å². The Morgan fingerprint density at radius 3 is 2.86 bits per heavy atom. The van der Waals surface area contributed by atoms with Gasteiger partial charge < -0.3 is 26.4 Å². The number of imidazole rings is 1. The van der Waals surface area contributed by atoms with Crippen LogP contribution in [-0.4, -0.2) is 52.4 Å². The van der Waals surface area contributed by atoms with E-state index in [0.717, 1.165) is 65.6 Å². The number of methoxy groups -OCH3 is 1. The van der Waals surface area contributed by atoms with Crippen LogP contribution < -0.4 is 26.4 Å². The van der Waals surface area contributed by atoms with Crippen molar-refractivity contribution in [3.05, 3.63) is 83.2 Å². The van der Waals surface area contributed by atoms with Crippen molar-refractivity contribution >= 4 is 29.2 Å². The molecule has 2 aliphatic rings. The summed E-state index contributed by atoms with van der Waals surface area (Å²) in [6.07, 6.45) is 9.21. The normalized spacial score (nSPS) is 19.4. The highest BCUT2D eigenvalue weighted by atomic mass is 19.1. The zero-order chi connectivity index (χ0) is 29.9. The number of nitrogens with two attached hydrogens (primary N) is 1. The number of nitrogens with zero attached hydrogens (tertiary/aromatic N) is 3. The Hall–Kier alpha value is -4.77. The van der Waals surface area contributed by atoms with E-state index in [4.69, 9.17) is 15.5 Å². The van der Waals surface area contributed by atoms with E-state index in [2.05, 4.69) is 31.4 Å². The lowest BCUT2D eigenvalue weighted by molar-refractivity contribution is -0.120. The average Bonchev–Trinajstić information content (AvgIpc) is 3.64. The van der Waals surface area contributed by atoms with Crippen molar-refractivity contribution in [1.82, 2.24) is 30.3 Å². The Bertz CT molecular complexity index is 1700. The highest BCUT2D eigenvalue weighted by molar-refractivity contribution is 5.97. The van der Waals surface area contributed by atoms with Crippen LogP contribution in [0.15, 0.2) is 54.7 Å². The van der Waals surface area contributed by atoms with Crippen LogP contribution in [0.5, 0.6) is 5.75 Å². The van der Waals surface area contributed by atoms with Crippen LogP contribution in [0.4, 0.5) is 10.2 Å². The quantitative estimate of drug-likeness (QED) is 0.281. The molecule has 43 heavy (non-hydrogen) atoms. The molecule has 2 atom stereocenters. The lowest BCUT2D eigenvalue weighted by atomic mass is 10.1. The topological polar surface area (TPSA) is 136 Å². The SMILES string of the molecule is COc1ccc(F)cc1C(=O)NCc1ccc(-c2nc3n4c(cnc(N)c24)/C=C/CCNCC(=O)N[C@@H]2CC[C@@H]3C2)cc1. The monoisotopic (exact) mass is 583 g/mol. The van der Waals surface area contributed by atoms with E-state index in [-0.39, 0.29) is 30.0 Å². The fourth-order valence-electron chi connectivity index (χ4n) is 5.92. The smallest absolute Gasteiger partial charge is 0.255 e. The third-order valence-corrected chi connectivity index (χ3v) is 8.05. The van der Waals surface area contributed by atoms with Gasteiger partial charge in [0.05, 0.1) is 31.1 Å². The maximum atomic E-state index is 13.7. The van der Waals surface area contributed by atoms with E-state index in [9.17, 15) is 14.0 Å². The first kappa shape index (κ1) is 28.4. The summed E-state index contributed by atoms with van der Waals surface area (Å²) in [4.78, 5) is 34.8. The standard InChI is InChI=1S/C32H34FN7O3/c1-43-26-12-10-22(33)15-25(26)32(42)37-16-19-5-7-20(8-6-19)28-29-30(34)36-17-24-4-2-3-13-35-18-27(41)38-23-11-9-21(14-23)31(39-28)40(24)29/h2,4-8,10,12,15,17,21,23,35H,3,9,11,13-14,16,18H2,1H3,(H2,34,36)(H,37,42)(H,38,41)/b4-2+/t21-,23-/m1/s1. The molecule has 2 aromatic heterocycles. The average molecular weight is 584 g/mol. The molecule has 5 N–H and O–H groups in total. The number of hydrogen-bond donors (Lipinski definition) is 4. The van der Waals surface area contributed by atoms with Crippen molar-refractivity contribution in [2.24, 2.45) is 0 Å². The number of hydrogen-bond acceptors (Lipinski definition) is 7. The van der Waals surface area contributed by atoms with Crippen LogP contribution in [0.3, 0.4) is 0 Å². The number of nitrogens with one attached hydrogen (secondary N) is 3. The van der Waals surface area contributed by atoms with Gasteiger partial charge in [-0.2, -0.15) is 0 Å². The highest BCUT2D eigenvalue weighted by Crippen LogP contribution is 2.39. The van der Waals surface area contributed by atoms with E-state index in [1.54, 1.807) is 6.20 Å². The van der Waals surface area contributed by atoms with Crippen molar-refractivity contribution in [1.29, 1.82) is 0 Å². The summed E-state index contributed by atoms with van der Waals surface area (Å²) < 4.78 is 21.1. The van der Waals surface area contributed by atoms with Crippen LogP contribution in [-0.2, 0) is 11.3 Å². The number of nitrogen functional groups attached to an aromatic ring is 1. The Morgan fingerprint density at radius 2 is 2.05 bits per heavy atom. The summed E-state index contributed by atoms with van der Waals surface area (Å²) in [5.74, 6) is 0.816. The van der Waals surface area contributed by atoms with Crippen LogP contribution in [0, 0.1) is 5.82 Å². The summed E-state index contributed by atoms with van der Waals surface area (Å²) in [6, 6.07) is 11.7. The van der Waals surface area contributed by atoms with Gasteiger partial charge in [-0.15, -0.1) is 0 Å². The molecule has 0 spiro atoms. The van der Waals surface area contributed by atoms with Gasteiger partial charge in [0.2, 0.25) is 5.91 Å². The Balaban J connectivity index is 1.30. The molecule has 1 aliphatic carbocycles. The maximum absolute atomic E-state index is 13.7. The van der Waals surface area contributed by atoms with Crippen LogP contribution in [0.1, 0.15) is 59.0 Å². The molecule has 10 nitrogen and oxygen atoms in total. The van der Waals surface area contributed by atoms with E-state index >= 15 is 0 Å². The van der Waals surface area contributed by atoms with Crippen molar-refractivity contribution in [3.63, 3.8) is 0 Å². The third kappa shape index (κ3) is 5.94. The van der Waals surface area contributed by atoms with E-state index in [1.165, 1.54) is 19.2 Å². The first-order valence-corrected chi connectivity index (χ1v) is 14.5. The summed E-state index contributed by atoms with van der Waals surface area (Å²) in [5.41, 5.74) is 10.7. The Labute approximate surface area is 248 Å². The number of anilines is 1. The molecule has 0 unspecified atom stereocenters. The largest absolute Gasteiger partial charge is 0.496 e. The third-order valence-electron chi connectivity index (χ3n) is 8.05. The van der Waals surface area contributed by atoms with E-state index in [0.29, 0.717) is 24.7 Å². The lowest BCUT2D eigenvalue weighted by Crippen LogP contribution is -2.39. The molecule has 0 radical (unpaired) electrons. The van der Waals surface area contributed by atoms with Gasteiger partial charge in [0, 0.05) is 24.1 Å². The van der Waals surface area contributed by atoms with Gasteiger partial charge in [0.25, 0.3) is 5.91 Å². The Kier molecular flexibility index (Phi) is 8.06. The second-order valence-corrected chi connectivity index (χ2v) is 10.9. The summed E-state index contributed by atoms with van der Waals surface area (Å²) in [7, 11) is 1.44. The zero-order valence-electron chi connectivity index (χ0n) is 23.9. The van der Waals surface area contributed by atoms with Crippen molar-refractivity contribution < 1.29 is 18.7 Å². The lowest BCUT2D eigenvalue weighted by Gasteiger charge is -2.15. The van der Waals surface area contributed by atoms with Crippen molar-refractivity contribution in [2.45, 2.75) is 44.2 Å². The minimum Gasteiger partial charge on any atom is -0.496 e. The molecule has 222 valence electrons. The summed E-state index contributed by atoms with van der Waals surface area (Å²) >= 11 is 0. The predicted molar refractivity (Wildman–Crippen MR) is 162 cm³/mol. The molecule has 0 saturated heterocycles. The number of aromatic nitrogens is 3. The van der Waals surface area contributed by atoms with Crippen LogP contribution in [0.2, 0.25) is 0 Å².